The van der Waals surface area contributed by atoms with Gasteiger partial charge in [-0.25, -0.2) is 5.43 Å². The molecule has 21 heavy (non-hydrogen) atoms. The molecule has 0 heterocycles. The van der Waals surface area contributed by atoms with Gasteiger partial charge in [-0.2, -0.15) is 0 Å². The van der Waals surface area contributed by atoms with E-state index in [2.05, 4.69) is 11.0 Å². The molecule has 7 heteroatoms. The summed E-state index contributed by atoms with van der Waals surface area (Å²) in [6, 6.07) is 4.69. The zero-order valence-electron chi connectivity index (χ0n) is 11.7. The molecule has 5 nitrogen and oxygen atoms in total. The lowest BCUT2D eigenvalue weighted by molar-refractivity contribution is 0.0374. The van der Waals surface area contributed by atoms with E-state index in [1.807, 2.05) is 0 Å². The van der Waals surface area contributed by atoms with Crippen molar-refractivity contribution in [2.45, 2.75) is 44.4 Å². The smallest absolute Gasteiger partial charge is 0.150 e. The Morgan fingerprint density at radius 2 is 1.90 bits per heavy atom. The molecule has 5 N–H and O–H groups in total. The van der Waals surface area contributed by atoms with Crippen molar-refractivity contribution >= 4 is 23.2 Å². The second-order valence-corrected chi connectivity index (χ2v) is 6.15. The molecule has 1 aliphatic rings. The van der Waals surface area contributed by atoms with Crippen LogP contribution in [0, 0.1) is 5.92 Å². The Morgan fingerprint density at radius 1 is 1.19 bits per heavy atom. The fourth-order valence-corrected chi connectivity index (χ4v) is 2.96. The van der Waals surface area contributed by atoms with Crippen molar-refractivity contribution in [3.8, 4) is 5.75 Å². The molecule has 0 aromatic heterocycles. The van der Waals surface area contributed by atoms with Crippen LogP contribution in [0.15, 0.2) is 18.2 Å². The third-order valence-corrected chi connectivity index (χ3v) is 4.55. The highest BCUT2D eigenvalue weighted by molar-refractivity contribution is 6.42. The Kier molecular flexibility index (Phi) is 6.54. The van der Waals surface area contributed by atoms with Gasteiger partial charge in [-0.3, -0.25) is 0 Å². The number of aliphatic hydroxyl groups is 1. The predicted octanol–water partition coefficient (Wildman–Crippen LogP) is 2.61. The molecule has 0 spiro atoms. The van der Waals surface area contributed by atoms with Crippen LogP contribution in [-0.4, -0.2) is 17.4 Å². The molecule has 0 bridgehead atoms. The number of halogens is 2. The van der Waals surface area contributed by atoms with Gasteiger partial charge in [0.2, 0.25) is 0 Å². The monoisotopic (exact) mass is 333 g/mol. The molecule has 118 valence electrons. The quantitative estimate of drug-likeness (QED) is 0.475. The van der Waals surface area contributed by atoms with Gasteiger partial charge in [0, 0.05) is 6.07 Å². The summed E-state index contributed by atoms with van der Waals surface area (Å²) in [4.78, 5) is 5.34. The molecule has 1 aromatic carbocycles. The summed E-state index contributed by atoms with van der Waals surface area (Å²) in [5.41, 5.74) is 11.2. The van der Waals surface area contributed by atoms with Gasteiger partial charge in [0.15, 0.2) is 5.75 Å². The zero-order chi connectivity index (χ0) is 15.2. The van der Waals surface area contributed by atoms with Crippen LogP contribution in [0.3, 0.4) is 0 Å². The van der Waals surface area contributed by atoms with Crippen molar-refractivity contribution < 1.29 is 9.94 Å². The van der Waals surface area contributed by atoms with Crippen molar-refractivity contribution in [3.63, 3.8) is 0 Å². The Labute approximate surface area is 134 Å². The third-order valence-electron chi connectivity index (χ3n) is 3.81. The number of hydrazine groups is 1. The normalized spacial score (nSPS) is 19.2. The standard InChI is InChI=1S/C14H21Cl2N3O2/c15-11-7-6-10(8-12(11)16)21-19-18-13(14(17)20)9-4-2-1-3-5-9/h6-9,13-14,18-20H,1-5,17H2. The molecule has 2 unspecified atom stereocenters. The van der Waals surface area contributed by atoms with Crippen LogP contribution in [0.2, 0.25) is 10.0 Å². The van der Waals surface area contributed by atoms with Crippen LogP contribution in [-0.2, 0) is 0 Å². The maximum atomic E-state index is 9.72. The summed E-state index contributed by atoms with van der Waals surface area (Å²) in [6.07, 6.45) is 4.75. The van der Waals surface area contributed by atoms with Crippen LogP contribution in [0.4, 0.5) is 0 Å². The van der Waals surface area contributed by atoms with E-state index >= 15 is 0 Å². The summed E-state index contributed by atoms with van der Waals surface area (Å²) < 4.78 is 0. The Hall–Kier alpha value is -0.560. The van der Waals surface area contributed by atoms with Gasteiger partial charge in [0.05, 0.1) is 16.1 Å². The molecule has 2 rings (SSSR count). The van der Waals surface area contributed by atoms with Gasteiger partial charge in [-0.05, 0) is 30.9 Å². The average molecular weight is 334 g/mol. The molecule has 1 aromatic rings. The maximum absolute atomic E-state index is 9.72. The second-order valence-electron chi connectivity index (χ2n) is 5.34. The van der Waals surface area contributed by atoms with E-state index in [9.17, 15) is 5.11 Å². The third kappa shape index (κ3) is 4.98. The minimum absolute atomic E-state index is 0.256. The molecule has 1 aliphatic carbocycles. The van der Waals surface area contributed by atoms with Crippen molar-refractivity contribution in [2.24, 2.45) is 11.7 Å². The van der Waals surface area contributed by atoms with E-state index in [-0.39, 0.29) is 6.04 Å². The van der Waals surface area contributed by atoms with Crippen molar-refractivity contribution in [2.75, 3.05) is 0 Å². The highest BCUT2D eigenvalue weighted by atomic mass is 35.5. The molecule has 2 atom stereocenters. The SMILES string of the molecule is NC(O)C(NNOc1ccc(Cl)c(Cl)c1)C1CCCCC1. The lowest BCUT2D eigenvalue weighted by Gasteiger charge is -2.32. The second kappa shape index (κ2) is 8.17. The Balaban J connectivity index is 1.85. The van der Waals surface area contributed by atoms with E-state index in [1.54, 1.807) is 18.2 Å². The number of hydrogen-bond acceptors (Lipinski definition) is 5. The van der Waals surface area contributed by atoms with Crippen LogP contribution in [0.1, 0.15) is 32.1 Å². The van der Waals surface area contributed by atoms with E-state index in [0.717, 1.165) is 12.8 Å². The highest BCUT2D eigenvalue weighted by Crippen LogP contribution is 2.27. The van der Waals surface area contributed by atoms with Gasteiger partial charge in [0.25, 0.3) is 0 Å². The molecular weight excluding hydrogens is 313 g/mol. The summed E-state index contributed by atoms with van der Waals surface area (Å²) in [5, 5.41) is 10.6. The predicted molar refractivity (Wildman–Crippen MR) is 83.9 cm³/mol. The lowest BCUT2D eigenvalue weighted by atomic mass is 9.83. The molecule has 1 saturated carbocycles. The molecular formula is C14H21Cl2N3O2. The largest absolute Gasteiger partial charge is 0.394 e. The topological polar surface area (TPSA) is 79.5 Å². The first-order chi connectivity index (χ1) is 10.1. The summed E-state index contributed by atoms with van der Waals surface area (Å²) in [7, 11) is 0. The van der Waals surface area contributed by atoms with Crippen molar-refractivity contribution in [1.82, 2.24) is 11.0 Å². The Bertz CT molecular complexity index is 454. The van der Waals surface area contributed by atoms with Crippen LogP contribution in [0.25, 0.3) is 0 Å². The molecule has 0 radical (unpaired) electrons. The van der Waals surface area contributed by atoms with Crippen molar-refractivity contribution in [3.05, 3.63) is 28.2 Å². The number of nitrogens with two attached hydrogens (primary N) is 1. The van der Waals surface area contributed by atoms with Gasteiger partial charge in [0.1, 0.15) is 6.23 Å². The maximum Gasteiger partial charge on any atom is 0.150 e. The van der Waals surface area contributed by atoms with E-state index in [0.29, 0.717) is 21.7 Å². The number of hydrogen-bond donors (Lipinski definition) is 4. The number of rotatable bonds is 6. The zero-order valence-corrected chi connectivity index (χ0v) is 13.2. The average Bonchev–Trinajstić information content (AvgIpc) is 2.48. The lowest BCUT2D eigenvalue weighted by Crippen LogP contribution is -2.55. The number of aliphatic hydroxyl groups excluding tert-OH is 1. The number of benzene rings is 1. The van der Waals surface area contributed by atoms with E-state index in [4.69, 9.17) is 33.8 Å². The first kappa shape index (κ1) is 16.8. The number of nitrogens with one attached hydrogen (secondary N) is 2. The van der Waals surface area contributed by atoms with Gasteiger partial charge in [-0.1, -0.05) is 48.1 Å². The first-order valence-corrected chi connectivity index (χ1v) is 7.89. The molecule has 1 fully saturated rings. The summed E-state index contributed by atoms with van der Waals surface area (Å²) >= 11 is 11.7. The minimum Gasteiger partial charge on any atom is -0.394 e. The van der Waals surface area contributed by atoms with Crippen LogP contribution in [0.5, 0.6) is 5.75 Å². The van der Waals surface area contributed by atoms with Crippen LogP contribution >= 0.6 is 23.2 Å². The van der Waals surface area contributed by atoms with E-state index < -0.39 is 6.23 Å². The molecule has 0 amide bonds. The summed E-state index contributed by atoms with van der Waals surface area (Å²) in [6.45, 7) is 0. The van der Waals surface area contributed by atoms with Gasteiger partial charge < -0.3 is 15.7 Å². The minimum atomic E-state index is -0.946. The molecule has 0 aliphatic heterocycles. The Morgan fingerprint density at radius 3 is 2.52 bits per heavy atom. The molecule has 0 saturated heterocycles. The fourth-order valence-electron chi connectivity index (χ4n) is 2.67. The fraction of sp³-hybridized carbons (Fsp3) is 0.571. The first-order valence-electron chi connectivity index (χ1n) is 7.14. The van der Waals surface area contributed by atoms with Gasteiger partial charge in [-0.15, -0.1) is 0 Å². The highest BCUT2D eigenvalue weighted by Gasteiger charge is 2.27. The summed E-state index contributed by atoms with van der Waals surface area (Å²) in [5.74, 6) is 0.856. The van der Waals surface area contributed by atoms with Crippen molar-refractivity contribution in [1.29, 1.82) is 0 Å². The van der Waals surface area contributed by atoms with Gasteiger partial charge >= 0.3 is 0 Å². The van der Waals surface area contributed by atoms with Crippen LogP contribution < -0.4 is 21.6 Å². The van der Waals surface area contributed by atoms with E-state index in [1.165, 1.54) is 19.3 Å².